The van der Waals surface area contributed by atoms with Gasteiger partial charge in [0.05, 0.1) is 7.11 Å². The van der Waals surface area contributed by atoms with Crippen molar-refractivity contribution < 1.29 is 4.74 Å². The van der Waals surface area contributed by atoms with E-state index in [1.165, 1.54) is 0 Å². The van der Waals surface area contributed by atoms with Gasteiger partial charge in [-0.1, -0.05) is 30.0 Å². The van der Waals surface area contributed by atoms with E-state index >= 15 is 0 Å². The van der Waals surface area contributed by atoms with Gasteiger partial charge >= 0.3 is 0 Å². The van der Waals surface area contributed by atoms with Gasteiger partial charge in [-0.25, -0.2) is 0 Å². The van der Waals surface area contributed by atoms with E-state index in [4.69, 9.17) is 4.74 Å². The molecule has 2 aromatic rings. The summed E-state index contributed by atoms with van der Waals surface area (Å²) in [5, 5.41) is 0.733. The fourth-order valence-corrected chi connectivity index (χ4v) is 3.19. The fourth-order valence-electron chi connectivity index (χ4n) is 2.25. The van der Waals surface area contributed by atoms with Crippen LogP contribution in [0.5, 0.6) is 5.88 Å². The molecule has 0 saturated heterocycles. The van der Waals surface area contributed by atoms with Crippen LogP contribution in [0.15, 0.2) is 40.3 Å². The smallest absolute Gasteiger partial charge is 0.282 e. The van der Waals surface area contributed by atoms with Crippen molar-refractivity contribution in [3.8, 4) is 5.88 Å². The van der Waals surface area contributed by atoms with Crippen LogP contribution in [-0.2, 0) is 6.54 Å². The second-order valence-electron chi connectivity index (χ2n) is 4.45. The standard InChI is InChI=1S/C14H15N3O2S/c1-16(10-6-4-3-5-7-10)11-12(19-2)15-14-17(13(11)18)8-9-20-14/h3-7H,8-9H2,1-2H3. The number of thioether (sulfide) groups is 1. The van der Waals surface area contributed by atoms with Gasteiger partial charge in [0.2, 0.25) is 5.88 Å². The van der Waals surface area contributed by atoms with Crippen molar-refractivity contribution in [1.82, 2.24) is 9.55 Å². The van der Waals surface area contributed by atoms with E-state index in [2.05, 4.69) is 4.98 Å². The molecule has 0 fully saturated rings. The number of aromatic nitrogens is 2. The van der Waals surface area contributed by atoms with Gasteiger partial charge in [-0.15, -0.1) is 0 Å². The van der Waals surface area contributed by atoms with Crippen molar-refractivity contribution in [2.24, 2.45) is 0 Å². The highest BCUT2D eigenvalue weighted by molar-refractivity contribution is 7.99. The maximum atomic E-state index is 12.6. The second-order valence-corrected chi connectivity index (χ2v) is 5.51. The molecule has 1 aromatic carbocycles. The van der Waals surface area contributed by atoms with Crippen LogP contribution in [0.3, 0.4) is 0 Å². The number of para-hydroxylation sites is 1. The third-order valence-electron chi connectivity index (χ3n) is 3.30. The molecule has 0 radical (unpaired) electrons. The number of hydrogen-bond donors (Lipinski definition) is 0. The average molecular weight is 289 g/mol. The lowest BCUT2D eigenvalue weighted by Gasteiger charge is -2.21. The van der Waals surface area contributed by atoms with Crippen LogP contribution < -0.4 is 15.2 Å². The first-order valence-corrected chi connectivity index (χ1v) is 7.31. The van der Waals surface area contributed by atoms with Crippen LogP contribution in [0, 0.1) is 0 Å². The molecule has 1 aromatic heterocycles. The summed E-state index contributed by atoms with van der Waals surface area (Å²) in [5.74, 6) is 1.26. The minimum Gasteiger partial charge on any atom is -0.479 e. The molecule has 0 unspecified atom stereocenters. The molecule has 1 aliphatic heterocycles. The SMILES string of the molecule is COc1nc2n(c(=O)c1N(C)c1ccccc1)CCS2. The number of fused-ring (bicyclic) bond motifs is 1. The lowest BCUT2D eigenvalue weighted by molar-refractivity contribution is 0.388. The van der Waals surface area contributed by atoms with Gasteiger partial charge in [0.25, 0.3) is 5.56 Å². The van der Waals surface area contributed by atoms with E-state index in [0.717, 1.165) is 16.6 Å². The van der Waals surface area contributed by atoms with Crippen LogP contribution in [0.1, 0.15) is 0 Å². The van der Waals surface area contributed by atoms with Gasteiger partial charge < -0.3 is 9.64 Å². The Labute approximate surface area is 121 Å². The third kappa shape index (κ3) is 2.06. The van der Waals surface area contributed by atoms with Crippen molar-refractivity contribution in [1.29, 1.82) is 0 Å². The highest BCUT2D eigenvalue weighted by Gasteiger charge is 2.24. The van der Waals surface area contributed by atoms with Crippen LogP contribution in [-0.4, -0.2) is 29.5 Å². The number of ether oxygens (including phenoxy) is 1. The zero-order valence-electron chi connectivity index (χ0n) is 11.4. The molecule has 1 aliphatic rings. The summed E-state index contributed by atoms with van der Waals surface area (Å²) in [4.78, 5) is 18.9. The molecule has 6 heteroatoms. The molecule has 0 saturated carbocycles. The minimum absolute atomic E-state index is 0.0526. The van der Waals surface area contributed by atoms with Gasteiger partial charge in [-0.3, -0.25) is 9.36 Å². The maximum Gasteiger partial charge on any atom is 0.282 e. The normalized spacial score (nSPS) is 13.1. The molecule has 0 atom stereocenters. The predicted molar refractivity (Wildman–Crippen MR) is 80.3 cm³/mol. The molecule has 0 amide bonds. The van der Waals surface area contributed by atoms with E-state index in [1.807, 2.05) is 42.3 Å². The molecule has 20 heavy (non-hydrogen) atoms. The molecule has 2 heterocycles. The first kappa shape index (κ1) is 13.1. The zero-order chi connectivity index (χ0) is 14.1. The average Bonchev–Trinajstić information content (AvgIpc) is 2.96. The number of rotatable bonds is 3. The summed E-state index contributed by atoms with van der Waals surface area (Å²) < 4.78 is 7.02. The highest BCUT2D eigenvalue weighted by atomic mass is 32.2. The zero-order valence-corrected chi connectivity index (χ0v) is 12.2. The summed E-state index contributed by atoms with van der Waals surface area (Å²) in [7, 11) is 3.39. The summed E-state index contributed by atoms with van der Waals surface area (Å²) in [6.45, 7) is 0.700. The molecular formula is C14H15N3O2S. The second kappa shape index (κ2) is 5.20. The largest absolute Gasteiger partial charge is 0.479 e. The Morgan fingerprint density at radius 1 is 1.35 bits per heavy atom. The summed E-state index contributed by atoms with van der Waals surface area (Å²) >= 11 is 1.58. The highest BCUT2D eigenvalue weighted by Crippen LogP contribution is 2.31. The number of hydrogen-bond acceptors (Lipinski definition) is 5. The van der Waals surface area contributed by atoms with Crippen molar-refractivity contribution in [2.45, 2.75) is 11.7 Å². The van der Waals surface area contributed by atoms with Gasteiger partial charge in [-0.2, -0.15) is 4.98 Å². The first-order chi connectivity index (χ1) is 9.72. The molecule has 0 aliphatic carbocycles. The van der Waals surface area contributed by atoms with E-state index in [9.17, 15) is 4.79 Å². The van der Waals surface area contributed by atoms with E-state index in [-0.39, 0.29) is 5.56 Å². The molecule has 3 rings (SSSR count). The van der Waals surface area contributed by atoms with E-state index < -0.39 is 0 Å². The molecule has 0 N–H and O–H groups in total. The van der Waals surface area contributed by atoms with Gasteiger partial charge in [0.15, 0.2) is 10.8 Å². The van der Waals surface area contributed by atoms with Crippen molar-refractivity contribution in [2.75, 3.05) is 24.8 Å². The van der Waals surface area contributed by atoms with Crippen molar-refractivity contribution in [3.63, 3.8) is 0 Å². The predicted octanol–water partition coefficient (Wildman–Crippen LogP) is 2.13. The van der Waals surface area contributed by atoms with E-state index in [0.29, 0.717) is 18.1 Å². The van der Waals surface area contributed by atoms with E-state index in [1.54, 1.807) is 23.4 Å². The molecular weight excluding hydrogens is 274 g/mol. The van der Waals surface area contributed by atoms with Crippen LogP contribution in [0.2, 0.25) is 0 Å². The van der Waals surface area contributed by atoms with Gasteiger partial charge in [0, 0.05) is 25.0 Å². The Kier molecular flexibility index (Phi) is 3.40. The Morgan fingerprint density at radius 2 is 2.10 bits per heavy atom. The lowest BCUT2D eigenvalue weighted by atomic mass is 10.3. The number of methoxy groups -OCH3 is 1. The summed E-state index contributed by atoms with van der Waals surface area (Å²) in [6.07, 6.45) is 0. The molecule has 0 spiro atoms. The summed E-state index contributed by atoms with van der Waals surface area (Å²) in [5.41, 5.74) is 1.35. The molecule has 104 valence electrons. The third-order valence-corrected chi connectivity index (χ3v) is 4.25. The minimum atomic E-state index is -0.0526. The summed E-state index contributed by atoms with van der Waals surface area (Å²) in [6, 6.07) is 9.72. The van der Waals surface area contributed by atoms with Crippen LogP contribution >= 0.6 is 11.8 Å². The number of nitrogens with zero attached hydrogens (tertiary/aromatic N) is 3. The Hall–Kier alpha value is -1.95. The number of anilines is 2. The van der Waals surface area contributed by atoms with Crippen LogP contribution in [0.4, 0.5) is 11.4 Å². The van der Waals surface area contributed by atoms with Gasteiger partial charge in [0.1, 0.15) is 0 Å². The lowest BCUT2D eigenvalue weighted by Crippen LogP contribution is -2.28. The topological polar surface area (TPSA) is 47.4 Å². The molecule has 5 nitrogen and oxygen atoms in total. The number of benzene rings is 1. The van der Waals surface area contributed by atoms with Crippen LogP contribution in [0.25, 0.3) is 0 Å². The molecule has 0 bridgehead atoms. The Balaban J connectivity index is 2.16. The van der Waals surface area contributed by atoms with Crippen molar-refractivity contribution in [3.05, 3.63) is 40.7 Å². The monoisotopic (exact) mass is 289 g/mol. The van der Waals surface area contributed by atoms with Gasteiger partial charge in [-0.05, 0) is 12.1 Å². The Morgan fingerprint density at radius 3 is 2.80 bits per heavy atom. The Bertz CT molecular complexity index is 685. The maximum absolute atomic E-state index is 12.6. The first-order valence-electron chi connectivity index (χ1n) is 6.33. The quantitative estimate of drug-likeness (QED) is 0.810. The van der Waals surface area contributed by atoms with Crippen molar-refractivity contribution >= 4 is 23.1 Å². The fraction of sp³-hybridized carbons (Fsp3) is 0.286.